The smallest absolute Gasteiger partial charge is 0.0587 e. The summed E-state index contributed by atoms with van der Waals surface area (Å²) in [4.78, 5) is 0. The van der Waals surface area contributed by atoms with Gasteiger partial charge in [0.15, 0.2) is 0 Å². The Balaban J connectivity index is 2.04. The maximum absolute atomic E-state index is 2.54. The summed E-state index contributed by atoms with van der Waals surface area (Å²) in [5.41, 5.74) is 9.23. The molecule has 2 heterocycles. The average Bonchev–Trinajstić information content (AvgIpc) is 3.02. The second-order valence-electron chi connectivity index (χ2n) is 7.08. The maximum atomic E-state index is 2.54. The Kier molecular flexibility index (Phi) is 3.97. The Morgan fingerprint density at radius 2 is 1.37 bits per heavy atom. The Morgan fingerprint density at radius 3 is 2.04 bits per heavy atom. The minimum absolute atomic E-state index is 1.07. The molecule has 0 bridgehead atoms. The third-order valence-corrected chi connectivity index (χ3v) is 6.74. The molecule has 0 unspecified atom stereocenters. The lowest BCUT2D eigenvalue weighted by Gasteiger charge is -2.15. The Morgan fingerprint density at radius 1 is 0.778 bits per heavy atom. The van der Waals surface area contributed by atoms with Crippen molar-refractivity contribution in [2.75, 3.05) is 0 Å². The molecular weight excluding hydrogens is 441 g/mol. The first-order valence-electron chi connectivity index (χ1n) is 9.40. The topological polar surface area (TPSA) is 4.41 Å². The van der Waals surface area contributed by atoms with Crippen LogP contribution in [0.4, 0.5) is 0 Å². The number of rotatable bonds is 2. The van der Waals surface area contributed by atoms with Crippen LogP contribution in [0.3, 0.4) is 0 Å². The number of hydrogen-bond acceptors (Lipinski definition) is 0. The zero-order valence-electron chi connectivity index (χ0n) is 15.5. The summed E-state index contributed by atoms with van der Waals surface area (Å²) in [5, 5.41) is 2.64. The van der Waals surface area contributed by atoms with Gasteiger partial charge in [0, 0.05) is 19.9 Å². The molecule has 0 aliphatic carbocycles. The Hall–Kier alpha value is -2.33. The molecule has 0 saturated heterocycles. The van der Waals surface area contributed by atoms with Gasteiger partial charge in [-0.15, -0.1) is 0 Å². The summed E-state index contributed by atoms with van der Waals surface area (Å²) < 4.78 is 3.77. The van der Waals surface area contributed by atoms with E-state index in [2.05, 4.69) is 114 Å². The monoisotopic (exact) mass is 461 g/mol. The standard InChI is InChI=1S/C25H20IN/c1-3-17-12-14-18(15-13-17)23-24(26)20-9-5-7-11-22(20)27-21-10-6-4-8-19(21)16(2)25(23)27/h4-15H,3H2,1-2H3. The first-order chi connectivity index (χ1) is 13.2. The van der Waals surface area contributed by atoms with Gasteiger partial charge in [-0.2, -0.15) is 0 Å². The van der Waals surface area contributed by atoms with Crippen LogP contribution in [-0.2, 0) is 6.42 Å². The van der Waals surface area contributed by atoms with Crippen LogP contribution >= 0.6 is 22.6 Å². The number of aryl methyl sites for hydroxylation is 2. The van der Waals surface area contributed by atoms with Crippen molar-refractivity contribution in [3.63, 3.8) is 0 Å². The van der Waals surface area contributed by atoms with Crippen LogP contribution < -0.4 is 0 Å². The molecule has 0 N–H and O–H groups in total. The highest BCUT2D eigenvalue weighted by Crippen LogP contribution is 2.40. The zero-order valence-corrected chi connectivity index (χ0v) is 17.6. The van der Waals surface area contributed by atoms with Crippen molar-refractivity contribution < 1.29 is 0 Å². The van der Waals surface area contributed by atoms with E-state index in [1.54, 1.807) is 0 Å². The van der Waals surface area contributed by atoms with Crippen molar-refractivity contribution in [3.8, 4) is 11.1 Å². The van der Waals surface area contributed by atoms with Crippen molar-refractivity contribution >= 4 is 49.9 Å². The predicted molar refractivity (Wildman–Crippen MR) is 125 cm³/mol. The largest absolute Gasteiger partial charge is 0.308 e. The number of fused-ring (bicyclic) bond motifs is 5. The number of halogens is 1. The summed E-state index contributed by atoms with van der Waals surface area (Å²) in [7, 11) is 0. The molecule has 2 heteroatoms. The van der Waals surface area contributed by atoms with E-state index in [1.165, 1.54) is 53.1 Å². The van der Waals surface area contributed by atoms with E-state index in [1.807, 2.05) is 0 Å². The van der Waals surface area contributed by atoms with Crippen molar-refractivity contribution in [1.29, 1.82) is 0 Å². The highest BCUT2D eigenvalue weighted by molar-refractivity contribution is 14.1. The lowest BCUT2D eigenvalue weighted by Crippen LogP contribution is -1.96. The molecule has 3 aromatic carbocycles. The van der Waals surface area contributed by atoms with E-state index < -0.39 is 0 Å². The number of aromatic nitrogens is 1. The summed E-state index contributed by atoms with van der Waals surface area (Å²) >= 11 is 2.54. The molecule has 0 saturated carbocycles. The lowest BCUT2D eigenvalue weighted by atomic mass is 9.99. The molecule has 0 radical (unpaired) electrons. The van der Waals surface area contributed by atoms with Crippen LogP contribution in [0, 0.1) is 10.5 Å². The van der Waals surface area contributed by atoms with Crippen molar-refractivity contribution in [2.24, 2.45) is 0 Å². The molecule has 0 amide bonds. The number of para-hydroxylation sites is 2. The third-order valence-electron chi connectivity index (χ3n) is 5.62. The minimum Gasteiger partial charge on any atom is -0.308 e. The molecule has 132 valence electrons. The lowest BCUT2D eigenvalue weighted by molar-refractivity contribution is 1.14. The summed E-state index contributed by atoms with van der Waals surface area (Å²) in [6, 6.07) is 26.6. The summed E-state index contributed by atoms with van der Waals surface area (Å²) in [5.74, 6) is 0. The fraction of sp³-hybridized carbons (Fsp3) is 0.120. The normalized spacial score (nSPS) is 11.7. The van der Waals surface area contributed by atoms with Gasteiger partial charge in [0.1, 0.15) is 0 Å². The molecule has 0 atom stereocenters. The first kappa shape index (κ1) is 16.8. The van der Waals surface area contributed by atoms with E-state index in [4.69, 9.17) is 0 Å². The molecule has 0 fully saturated rings. The molecule has 0 aliphatic rings. The van der Waals surface area contributed by atoms with E-state index in [-0.39, 0.29) is 0 Å². The maximum Gasteiger partial charge on any atom is 0.0587 e. The van der Waals surface area contributed by atoms with E-state index in [9.17, 15) is 0 Å². The van der Waals surface area contributed by atoms with Crippen LogP contribution in [0.2, 0.25) is 0 Å². The second-order valence-corrected chi connectivity index (χ2v) is 8.16. The molecule has 27 heavy (non-hydrogen) atoms. The zero-order chi connectivity index (χ0) is 18.5. The van der Waals surface area contributed by atoms with Crippen molar-refractivity contribution in [1.82, 2.24) is 4.40 Å². The second kappa shape index (κ2) is 6.38. The SMILES string of the molecule is CCc1ccc(-c2c(I)c3ccccc3n3c2c(C)c2ccccc23)cc1. The van der Waals surface area contributed by atoms with Gasteiger partial charge in [-0.25, -0.2) is 0 Å². The van der Waals surface area contributed by atoms with E-state index in [0.29, 0.717) is 0 Å². The van der Waals surface area contributed by atoms with Gasteiger partial charge >= 0.3 is 0 Å². The molecule has 5 aromatic rings. The van der Waals surface area contributed by atoms with Gasteiger partial charge in [0.2, 0.25) is 0 Å². The third kappa shape index (κ3) is 2.43. The van der Waals surface area contributed by atoms with E-state index >= 15 is 0 Å². The molecular formula is C25H20IN. The average molecular weight is 461 g/mol. The number of pyridine rings is 1. The van der Waals surface area contributed by atoms with Crippen LogP contribution in [0.1, 0.15) is 18.1 Å². The van der Waals surface area contributed by atoms with Crippen molar-refractivity contribution in [2.45, 2.75) is 20.3 Å². The van der Waals surface area contributed by atoms with Crippen molar-refractivity contribution in [3.05, 3.63) is 87.5 Å². The Labute approximate surface area is 172 Å². The fourth-order valence-electron chi connectivity index (χ4n) is 4.21. The fourth-order valence-corrected chi connectivity index (χ4v) is 5.24. The Bertz CT molecular complexity index is 1310. The molecule has 5 rings (SSSR count). The predicted octanol–water partition coefficient (Wildman–Crippen LogP) is 7.39. The molecule has 1 nitrogen and oxygen atoms in total. The van der Waals surface area contributed by atoms with Gasteiger partial charge in [-0.05, 0) is 64.8 Å². The highest BCUT2D eigenvalue weighted by atomic mass is 127. The summed E-state index contributed by atoms with van der Waals surface area (Å²) in [6.07, 6.45) is 1.07. The van der Waals surface area contributed by atoms with Gasteiger partial charge in [0.05, 0.1) is 16.6 Å². The minimum atomic E-state index is 1.07. The molecule has 0 spiro atoms. The van der Waals surface area contributed by atoms with E-state index in [0.717, 1.165) is 6.42 Å². The van der Waals surface area contributed by atoms with Crippen LogP contribution in [0.5, 0.6) is 0 Å². The highest BCUT2D eigenvalue weighted by Gasteiger charge is 2.19. The molecule has 0 aliphatic heterocycles. The van der Waals surface area contributed by atoms with Crippen LogP contribution in [0.25, 0.3) is 38.4 Å². The van der Waals surface area contributed by atoms with Gasteiger partial charge in [-0.1, -0.05) is 67.6 Å². The van der Waals surface area contributed by atoms with Gasteiger partial charge in [0.25, 0.3) is 0 Å². The first-order valence-corrected chi connectivity index (χ1v) is 10.5. The number of benzene rings is 3. The van der Waals surface area contributed by atoms with Crippen LogP contribution in [-0.4, -0.2) is 4.40 Å². The number of nitrogens with zero attached hydrogens (tertiary/aromatic N) is 1. The summed E-state index contributed by atoms with van der Waals surface area (Å²) in [6.45, 7) is 4.46. The van der Waals surface area contributed by atoms with Gasteiger partial charge in [-0.3, -0.25) is 0 Å². The quantitative estimate of drug-likeness (QED) is 0.242. The number of hydrogen-bond donors (Lipinski definition) is 0. The van der Waals surface area contributed by atoms with Crippen LogP contribution in [0.15, 0.2) is 72.8 Å². The van der Waals surface area contributed by atoms with Gasteiger partial charge < -0.3 is 4.40 Å². The molecule has 2 aromatic heterocycles.